The Kier molecular flexibility index (Phi) is 5.14. The highest BCUT2D eigenvalue weighted by Gasteiger charge is 2.51. The topological polar surface area (TPSA) is 49.5 Å². The molecule has 3 nitrogen and oxygen atoms in total. The lowest BCUT2D eigenvalue weighted by molar-refractivity contribution is -0.137. The largest absolute Gasteiger partial charge is 0.389 e. The minimum Gasteiger partial charge on any atom is -0.389 e. The molecular formula is C17H34N2O. The zero-order chi connectivity index (χ0) is 14.8. The Morgan fingerprint density at radius 2 is 1.70 bits per heavy atom. The first-order valence-electron chi connectivity index (χ1n) is 8.61. The van der Waals surface area contributed by atoms with Crippen molar-refractivity contribution < 1.29 is 5.11 Å². The van der Waals surface area contributed by atoms with E-state index in [0.29, 0.717) is 6.54 Å². The lowest BCUT2D eigenvalue weighted by Gasteiger charge is -2.54. The zero-order valence-corrected chi connectivity index (χ0v) is 13.7. The molecule has 3 N–H and O–H groups in total. The molecule has 0 aromatic rings. The molecule has 118 valence electrons. The average molecular weight is 282 g/mol. The van der Waals surface area contributed by atoms with Crippen molar-refractivity contribution >= 4 is 0 Å². The molecule has 2 rings (SSSR count). The molecule has 0 bridgehead atoms. The highest BCUT2D eigenvalue weighted by atomic mass is 16.3. The van der Waals surface area contributed by atoms with E-state index in [1.807, 2.05) is 0 Å². The van der Waals surface area contributed by atoms with Crippen LogP contribution in [-0.4, -0.2) is 41.8 Å². The first-order chi connectivity index (χ1) is 9.46. The lowest BCUT2D eigenvalue weighted by Crippen LogP contribution is -2.59. The van der Waals surface area contributed by atoms with Crippen LogP contribution in [0.25, 0.3) is 0 Å². The summed E-state index contributed by atoms with van der Waals surface area (Å²) in [7, 11) is 0. The van der Waals surface area contributed by atoms with Crippen molar-refractivity contribution in [3.8, 4) is 0 Å². The van der Waals surface area contributed by atoms with Crippen molar-refractivity contribution in [2.45, 2.75) is 64.9 Å². The lowest BCUT2D eigenvalue weighted by atomic mass is 9.57. The Balaban J connectivity index is 2.04. The Labute approximate surface area is 124 Å². The van der Waals surface area contributed by atoms with Gasteiger partial charge in [-0.25, -0.2) is 0 Å². The van der Waals surface area contributed by atoms with Crippen molar-refractivity contribution in [3.05, 3.63) is 0 Å². The highest BCUT2D eigenvalue weighted by molar-refractivity contribution is 5.04. The molecule has 0 radical (unpaired) electrons. The molecule has 1 aliphatic carbocycles. The molecule has 20 heavy (non-hydrogen) atoms. The predicted molar refractivity (Wildman–Crippen MR) is 84.6 cm³/mol. The van der Waals surface area contributed by atoms with Crippen LogP contribution in [0.3, 0.4) is 0 Å². The Morgan fingerprint density at radius 1 is 1.15 bits per heavy atom. The maximum atomic E-state index is 11.3. The quantitative estimate of drug-likeness (QED) is 0.833. The second-order valence-electron chi connectivity index (χ2n) is 7.53. The molecule has 0 amide bonds. The molecule has 1 saturated heterocycles. The number of nitrogens with zero attached hydrogens (tertiary/aromatic N) is 1. The summed E-state index contributed by atoms with van der Waals surface area (Å²) >= 11 is 0. The van der Waals surface area contributed by atoms with Crippen LogP contribution in [0, 0.1) is 17.3 Å². The standard InChI is InChI=1S/C17H34N2O/c1-4-19-11-9-17(20,10-12-19)16(13-18)7-5-15(6-8-16)14(2)3/h14-15,20H,4-13,18H2,1-3H3. The average Bonchev–Trinajstić information content (AvgIpc) is 2.48. The van der Waals surface area contributed by atoms with Crippen molar-refractivity contribution in [3.63, 3.8) is 0 Å². The van der Waals surface area contributed by atoms with Crippen LogP contribution in [0.15, 0.2) is 0 Å². The van der Waals surface area contributed by atoms with Gasteiger partial charge in [0, 0.05) is 25.0 Å². The third-order valence-corrected chi connectivity index (χ3v) is 6.44. The molecule has 2 aliphatic rings. The van der Waals surface area contributed by atoms with Gasteiger partial charge in [0.1, 0.15) is 0 Å². The summed E-state index contributed by atoms with van der Waals surface area (Å²) in [5, 5.41) is 11.3. The van der Waals surface area contributed by atoms with Crippen molar-refractivity contribution in [2.24, 2.45) is 23.0 Å². The minimum atomic E-state index is -0.518. The van der Waals surface area contributed by atoms with E-state index in [-0.39, 0.29) is 5.41 Å². The first kappa shape index (κ1) is 16.3. The van der Waals surface area contributed by atoms with E-state index in [2.05, 4.69) is 25.7 Å². The first-order valence-corrected chi connectivity index (χ1v) is 8.61. The summed E-state index contributed by atoms with van der Waals surface area (Å²) in [6, 6.07) is 0. The smallest absolute Gasteiger partial charge is 0.0740 e. The third kappa shape index (κ3) is 2.90. The van der Waals surface area contributed by atoms with Crippen molar-refractivity contribution in [1.29, 1.82) is 0 Å². The molecule has 0 aromatic heterocycles. The Morgan fingerprint density at radius 3 is 2.10 bits per heavy atom. The number of piperidine rings is 1. The summed E-state index contributed by atoms with van der Waals surface area (Å²) in [6.45, 7) is 10.7. The molecule has 1 aliphatic heterocycles. The summed E-state index contributed by atoms with van der Waals surface area (Å²) < 4.78 is 0. The Bertz CT molecular complexity index is 300. The second-order valence-corrected chi connectivity index (χ2v) is 7.53. The van der Waals surface area contributed by atoms with Gasteiger partial charge >= 0.3 is 0 Å². The van der Waals surface area contributed by atoms with Crippen LogP contribution < -0.4 is 5.73 Å². The fourth-order valence-electron chi connectivity index (χ4n) is 4.49. The van der Waals surface area contributed by atoms with E-state index >= 15 is 0 Å². The number of aliphatic hydroxyl groups is 1. The van der Waals surface area contributed by atoms with E-state index < -0.39 is 5.60 Å². The van der Waals surface area contributed by atoms with E-state index in [0.717, 1.165) is 57.2 Å². The van der Waals surface area contributed by atoms with Gasteiger partial charge < -0.3 is 15.7 Å². The van der Waals surface area contributed by atoms with Gasteiger partial charge in [-0.1, -0.05) is 20.8 Å². The van der Waals surface area contributed by atoms with Gasteiger partial charge in [0.2, 0.25) is 0 Å². The van der Waals surface area contributed by atoms with E-state index in [1.165, 1.54) is 12.8 Å². The van der Waals surface area contributed by atoms with Crippen LogP contribution in [0.1, 0.15) is 59.3 Å². The maximum absolute atomic E-state index is 11.3. The van der Waals surface area contributed by atoms with Gasteiger partial charge in [-0.05, 0) is 56.9 Å². The fraction of sp³-hybridized carbons (Fsp3) is 1.00. The summed E-state index contributed by atoms with van der Waals surface area (Å²) in [5.74, 6) is 1.59. The van der Waals surface area contributed by atoms with Gasteiger partial charge in [0.25, 0.3) is 0 Å². The number of likely N-dealkylation sites (tertiary alicyclic amines) is 1. The van der Waals surface area contributed by atoms with Gasteiger partial charge in [0.15, 0.2) is 0 Å². The summed E-state index contributed by atoms with van der Waals surface area (Å²) in [5.41, 5.74) is 5.64. The SMILES string of the molecule is CCN1CCC(O)(C2(CN)CCC(C(C)C)CC2)CC1. The molecule has 0 atom stereocenters. The molecule has 0 spiro atoms. The van der Waals surface area contributed by atoms with Crippen LogP contribution in [-0.2, 0) is 0 Å². The normalized spacial score (nSPS) is 35.4. The number of nitrogens with two attached hydrogens (primary N) is 1. The molecule has 1 heterocycles. The van der Waals surface area contributed by atoms with E-state index in [4.69, 9.17) is 5.73 Å². The molecular weight excluding hydrogens is 248 g/mol. The van der Waals surface area contributed by atoms with Crippen LogP contribution >= 0.6 is 0 Å². The maximum Gasteiger partial charge on any atom is 0.0740 e. The van der Waals surface area contributed by atoms with Gasteiger partial charge in [-0.2, -0.15) is 0 Å². The third-order valence-electron chi connectivity index (χ3n) is 6.44. The number of rotatable bonds is 4. The number of hydrogen-bond donors (Lipinski definition) is 2. The molecule has 1 saturated carbocycles. The number of hydrogen-bond acceptors (Lipinski definition) is 3. The van der Waals surface area contributed by atoms with E-state index in [9.17, 15) is 5.11 Å². The molecule has 0 aromatic carbocycles. The van der Waals surface area contributed by atoms with Crippen LogP contribution in [0.2, 0.25) is 0 Å². The van der Waals surface area contributed by atoms with Gasteiger partial charge in [-0.3, -0.25) is 0 Å². The van der Waals surface area contributed by atoms with Gasteiger partial charge in [0.05, 0.1) is 5.60 Å². The second kappa shape index (κ2) is 6.33. The minimum absolute atomic E-state index is 0.0157. The summed E-state index contributed by atoms with van der Waals surface area (Å²) in [6.07, 6.45) is 6.54. The van der Waals surface area contributed by atoms with Crippen molar-refractivity contribution in [2.75, 3.05) is 26.2 Å². The van der Waals surface area contributed by atoms with Crippen molar-refractivity contribution in [1.82, 2.24) is 4.90 Å². The fourth-order valence-corrected chi connectivity index (χ4v) is 4.49. The van der Waals surface area contributed by atoms with Crippen LogP contribution in [0.5, 0.6) is 0 Å². The highest BCUT2D eigenvalue weighted by Crippen LogP contribution is 2.50. The summed E-state index contributed by atoms with van der Waals surface area (Å²) in [4.78, 5) is 2.44. The Hall–Kier alpha value is -0.120. The predicted octanol–water partition coefficient (Wildman–Crippen LogP) is 2.62. The molecule has 3 heteroatoms. The molecule has 2 fully saturated rings. The van der Waals surface area contributed by atoms with Crippen LogP contribution in [0.4, 0.5) is 0 Å². The molecule has 0 unspecified atom stereocenters. The monoisotopic (exact) mass is 282 g/mol. The van der Waals surface area contributed by atoms with E-state index in [1.54, 1.807) is 0 Å². The zero-order valence-electron chi connectivity index (χ0n) is 13.7. The van der Waals surface area contributed by atoms with Gasteiger partial charge in [-0.15, -0.1) is 0 Å².